The first-order valence-electron chi connectivity index (χ1n) is 9.61. The molecular formula is C24H23FN2O2S. The summed E-state index contributed by atoms with van der Waals surface area (Å²) < 4.78 is 13.0. The van der Waals surface area contributed by atoms with Crippen molar-refractivity contribution in [2.75, 3.05) is 16.4 Å². The van der Waals surface area contributed by atoms with Gasteiger partial charge in [-0.3, -0.25) is 9.59 Å². The van der Waals surface area contributed by atoms with Crippen molar-refractivity contribution < 1.29 is 14.0 Å². The Morgan fingerprint density at radius 1 is 0.867 bits per heavy atom. The molecule has 4 nitrogen and oxygen atoms in total. The summed E-state index contributed by atoms with van der Waals surface area (Å²) in [5, 5.41) is 5.62. The van der Waals surface area contributed by atoms with Crippen molar-refractivity contribution in [3.8, 4) is 0 Å². The highest BCUT2D eigenvalue weighted by molar-refractivity contribution is 8.00. The van der Waals surface area contributed by atoms with Crippen LogP contribution in [0.25, 0.3) is 0 Å². The maximum absolute atomic E-state index is 13.0. The van der Waals surface area contributed by atoms with Crippen molar-refractivity contribution in [2.45, 2.75) is 24.7 Å². The molecule has 0 spiro atoms. The molecule has 0 radical (unpaired) electrons. The molecule has 0 fully saturated rings. The number of anilines is 2. The molecule has 0 heterocycles. The second kappa shape index (κ2) is 10.1. The van der Waals surface area contributed by atoms with Crippen LogP contribution in [-0.4, -0.2) is 17.6 Å². The summed E-state index contributed by atoms with van der Waals surface area (Å²) in [4.78, 5) is 25.7. The topological polar surface area (TPSA) is 58.2 Å². The van der Waals surface area contributed by atoms with E-state index in [-0.39, 0.29) is 23.4 Å². The van der Waals surface area contributed by atoms with Gasteiger partial charge in [0.25, 0.3) is 5.91 Å². The van der Waals surface area contributed by atoms with E-state index in [9.17, 15) is 14.0 Å². The summed E-state index contributed by atoms with van der Waals surface area (Å²) in [5.41, 5.74) is 2.96. The van der Waals surface area contributed by atoms with Gasteiger partial charge in [0.1, 0.15) is 5.82 Å². The number of halogens is 1. The number of hydrogen-bond acceptors (Lipinski definition) is 3. The highest BCUT2D eigenvalue weighted by Gasteiger charge is 2.13. The van der Waals surface area contributed by atoms with Crippen molar-refractivity contribution in [3.05, 3.63) is 89.7 Å². The molecule has 3 aromatic rings. The number of benzene rings is 3. The fraction of sp³-hybridized carbons (Fsp3) is 0.167. The van der Waals surface area contributed by atoms with Crippen LogP contribution >= 0.6 is 11.8 Å². The monoisotopic (exact) mass is 422 g/mol. The Bertz CT molecular complexity index is 1020. The van der Waals surface area contributed by atoms with Crippen LogP contribution in [0.5, 0.6) is 0 Å². The third-order valence-electron chi connectivity index (χ3n) is 4.45. The maximum Gasteiger partial charge on any atom is 0.256 e. The van der Waals surface area contributed by atoms with E-state index >= 15 is 0 Å². The molecule has 0 aliphatic rings. The lowest BCUT2D eigenvalue weighted by Gasteiger charge is -2.11. The van der Waals surface area contributed by atoms with Crippen molar-refractivity contribution in [3.63, 3.8) is 0 Å². The zero-order valence-corrected chi connectivity index (χ0v) is 17.6. The summed E-state index contributed by atoms with van der Waals surface area (Å²) in [6.45, 7) is 4.24. The summed E-state index contributed by atoms with van der Waals surface area (Å²) in [5.74, 6) is -0.264. The zero-order chi connectivity index (χ0) is 21.5. The quantitative estimate of drug-likeness (QED) is 0.464. The van der Waals surface area contributed by atoms with Crippen molar-refractivity contribution in [2.24, 2.45) is 0 Å². The molecule has 0 atom stereocenters. The van der Waals surface area contributed by atoms with Gasteiger partial charge in [-0.15, -0.1) is 11.8 Å². The van der Waals surface area contributed by atoms with E-state index in [1.165, 1.54) is 41.6 Å². The third-order valence-corrected chi connectivity index (χ3v) is 5.53. The highest BCUT2D eigenvalue weighted by Crippen LogP contribution is 2.24. The fourth-order valence-electron chi connectivity index (χ4n) is 2.80. The lowest BCUT2D eigenvalue weighted by Crippen LogP contribution is -2.16. The minimum Gasteiger partial charge on any atom is -0.325 e. The van der Waals surface area contributed by atoms with Crippen LogP contribution in [0, 0.1) is 5.82 Å². The minimum absolute atomic E-state index is 0.130. The first-order chi connectivity index (χ1) is 14.4. The summed E-state index contributed by atoms with van der Waals surface area (Å²) in [6.07, 6.45) is 0. The van der Waals surface area contributed by atoms with Gasteiger partial charge in [-0.05, 0) is 60.0 Å². The number of carbonyl (C=O) groups excluding carboxylic acids is 2. The standard InChI is InChI=1S/C24H23FN2O2S/c1-16(2)17-7-11-20(12-8-17)27-24(29)21-5-3-4-6-22(21)30-15-23(28)26-19-13-9-18(25)10-14-19/h3-14,16H,15H2,1-2H3,(H,26,28)(H,27,29). The molecule has 3 rings (SSSR count). The Labute approximate surface area is 179 Å². The van der Waals surface area contributed by atoms with E-state index < -0.39 is 0 Å². The second-order valence-corrected chi connectivity index (χ2v) is 8.09. The van der Waals surface area contributed by atoms with Crippen molar-refractivity contribution >= 4 is 35.0 Å². The SMILES string of the molecule is CC(C)c1ccc(NC(=O)c2ccccc2SCC(=O)Nc2ccc(F)cc2)cc1. The van der Waals surface area contributed by atoms with E-state index in [2.05, 4.69) is 24.5 Å². The molecule has 3 aromatic carbocycles. The van der Waals surface area contributed by atoms with E-state index in [1.54, 1.807) is 12.1 Å². The normalized spacial score (nSPS) is 10.7. The van der Waals surface area contributed by atoms with Gasteiger partial charge in [-0.2, -0.15) is 0 Å². The van der Waals surface area contributed by atoms with Gasteiger partial charge in [0.2, 0.25) is 5.91 Å². The molecule has 2 amide bonds. The molecule has 0 aliphatic carbocycles. The molecule has 0 saturated carbocycles. The van der Waals surface area contributed by atoms with E-state index in [4.69, 9.17) is 0 Å². The highest BCUT2D eigenvalue weighted by atomic mass is 32.2. The predicted molar refractivity (Wildman–Crippen MR) is 121 cm³/mol. The molecule has 154 valence electrons. The molecule has 0 saturated heterocycles. The van der Waals surface area contributed by atoms with Gasteiger partial charge in [-0.1, -0.05) is 38.1 Å². The fourth-order valence-corrected chi connectivity index (χ4v) is 3.65. The maximum atomic E-state index is 13.0. The molecule has 0 aliphatic heterocycles. The number of nitrogens with one attached hydrogen (secondary N) is 2. The van der Waals surface area contributed by atoms with Crippen LogP contribution < -0.4 is 10.6 Å². The van der Waals surface area contributed by atoms with E-state index in [0.29, 0.717) is 22.1 Å². The average molecular weight is 423 g/mol. The Kier molecular flexibility index (Phi) is 7.25. The number of carbonyl (C=O) groups is 2. The van der Waals surface area contributed by atoms with Gasteiger partial charge in [0, 0.05) is 16.3 Å². The number of rotatable bonds is 7. The van der Waals surface area contributed by atoms with Crippen LogP contribution in [-0.2, 0) is 4.79 Å². The van der Waals surface area contributed by atoms with Gasteiger partial charge in [0.05, 0.1) is 11.3 Å². The van der Waals surface area contributed by atoms with Crippen LogP contribution in [0.4, 0.5) is 15.8 Å². The van der Waals surface area contributed by atoms with E-state index in [0.717, 1.165) is 5.69 Å². The Balaban J connectivity index is 1.62. The van der Waals surface area contributed by atoms with Crippen LogP contribution in [0.3, 0.4) is 0 Å². The van der Waals surface area contributed by atoms with Gasteiger partial charge >= 0.3 is 0 Å². The summed E-state index contributed by atoms with van der Waals surface area (Å²) in [7, 11) is 0. The van der Waals surface area contributed by atoms with Gasteiger partial charge in [0.15, 0.2) is 0 Å². The molecule has 2 N–H and O–H groups in total. The smallest absolute Gasteiger partial charge is 0.256 e. The van der Waals surface area contributed by atoms with Crippen molar-refractivity contribution in [1.29, 1.82) is 0 Å². The molecule has 6 heteroatoms. The van der Waals surface area contributed by atoms with Crippen molar-refractivity contribution in [1.82, 2.24) is 0 Å². The zero-order valence-electron chi connectivity index (χ0n) is 16.8. The first-order valence-corrected chi connectivity index (χ1v) is 10.6. The van der Waals surface area contributed by atoms with Gasteiger partial charge < -0.3 is 10.6 Å². The second-order valence-electron chi connectivity index (χ2n) is 7.07. The largest absolute Gasteiger partial charge is 0.325 e. The van der Waals surface area contributed by atoms with Gasteiger partial charge in [-0.25, -0.2) is 4.39 Å². The Hall–Kier alpha value is -3.12. The van der Waals surface area contributed by atoms with Crippen LogP contribution in [0.15, 0.2) is 77.7 Å². The molecule has 30 heavy (non-hydrogen) atoms. The molecular weight excluding hydrogens is 399 g/mol. The average Bonchev–Trinajstić information content (AvgIpc) is 2.74. The lowest BCUT2D eigenvalue weighted by molar-refractivity contribution is -0.113. The minimum atomic E-state index is -0.360. The summed E-state index contributed by atoms with van der Waals surface area (Å²) >= 11 is 1.28. The number of thioether (sulfide) groups is 1. The van der Waals surface area contributed by atoms with Crippen LogP contribution in [0.2, 0.25) is 0 Å². The number of hydrogen-bond donors (Lipinski definition) is 2. The molecule has 0 aromatic heterocycles. The van der Waals surface area contributed by atoms with E-state index in [1.807, 2.05) is 36.4 Å². The Morgan fingerprint density at radius 2 is 1.47 bits per heavy atom. The number of amides is 2. The lowest BCUT2D eigenvalue weighted by atomic mass is 10.0. The van der Waals surface area contributed by atoms with Crippen LogP contribution in [0.1, 0.15) is 35.7 Å². The molecule has 0 unspecified atom stereocenters. The molecule has 0 bridgehead atoms. The first kappa shape index (κ1) is 21.6. The Morgan fingerprint density at radius 3 is 2.13 bits per heavy atom. The third kappa shape index (κ3) is 5.94. The predicted octanol–water partition coefficient (Wildman–Crippen LogP) is 5.93. The summed E-state index contributed by atoms with van der Waals surface area (Å²) in [6, 6.07) is 20.5.